The molecule has 0 aliphatic rings. The summed E-state index contributed by atoms with van der Waals surface area (Å²) in [5.41, 5.74) is 0.474. The predicted octanol–water partition coefficient (Wildman–Crippen LogP) is 5.76. The van der Waals surface area contributed by atoms with Crippen molar-refractivity contribution < 1.29 is 15.1 Å². The maximum absolute atomic E-state index is 11.0. The van der Waals surface area contributed by atoms with Crippen molar-refractivity contribution in [2.45, 2.75) is 0 Å². The number of nitrogens with zero attached hydrogens (tertiary/aromatic N) is 4. The molecule has 0 radical (unpaired) electrons. The van der Waals surface area contributed by atoms with E-state index in [1.807, 2.05) is 0 Å². The van der Waals surface area contributed by atoms with Gasteiger partial charge < -0.3 is 15.2 Å². The number of azo groups is 1. The third kappa shape index (κ3) is 2.96. The Balaban J connectivity index is 1.81. The van der Waals surface area contributed by atoms with Crippen LogP contribution in [0.15, 0.2) is 46.6 Å². The van der Waals surface area contributed by atoms with E-state index in [-0.39, 0.29) is 39.4 Å². The molecule has 0 aliphatic heterocycles. The van der Waals surface area contributed by atoms with E-state index >= 15 is 0 Å². The molecule has 11 heteroatoms. The summed E-state index contributed by atoms with van der Waals surface area (Å²) in [6, 6.07) is 8.55. The molecular formula is C17H9Cl2N5O4. The number of hydrogen-bond donors (Lipinski definition) is 3. The number of nitrogens with one attached hydrogen (secondary N) is 1. The fourth-order valence-electron chi connectivity index (χ4n) is 2.72. The summed E-state index contributed by atoms with van der Waals surface area (Å²) in [4.78, 5) is 17.3. The summed E-state index contributed by atoms with van der Waals surface area (Å²) in [5, 5.41) is 40.2. The zero-order chi connectivity index (χ0) is 20.0. The number of aromatic hydroxyl groups is 2. The van der Waals surface area contributed by atoms with Crippen LogP contribution >= 0.6 is 23.2 Å². The fraction of sp³-hybridized carbons (Fsp3) is 0. The lowest BCUT2D eigenvalue weighted by Gasteiger charge is -2.05. The molecule has 2 aromatic heterocycles. The number of non-ortho nitro benzene ring substituents is 1. The number of phenols is 1. The van der Waals surface area contributed by atoms with Crippen LogP contribution in [0.25, 0.3) is 21.8 Å². The van der Waals surface area contributed by atoms with E-state index in [2.05, 4.69) is 20.2 Å². The van der Waals surface area contributed by atoms with Gasteiger partial charge in [-0.2, -0.15) is 0 Å². The van der Waals surface area contributed by atoms with Gasteiger partial charge in [0.05, 0.1) is 20.5 Å². The van der Waals surface area contributed by atoms with Gasteiger partial charge in [0.25, 0.3) is 5.69 Å². The van der Waals surface area contributed by atoms with Crippen molar-refractivity contribution >= 4 is 62.2 Å². The maximum Gasteiger partial charge on any atom is 0.270 e. The second-order valence-electron chi connectivity index (χ2n) is 5.76. The highest BCUT2D eigenvalue weighted by Crippen LogP contribution is 2.39. The number of aromatic amines is 1. The smallest absolute Gasteiger partial charge is 0.270 e. The quantitative estimate of drug-likeness (QED) is 0.221. The number of pyridine rings is 1. The van der Waals surface area contributed by atoms with Crippen molar-refractivity contribution in [3.63, 3.8) is 0 Å². The van der Waals surface area contributed by atoms with Crippen LogP contribution in [0.1, 0.15) is 0 Å². The molecule has 0 spiro atoms. The van der Waals surface area contributed by atoms with Crippen molar-refractivity contribution in [1.82, 2.24) is 9.97 Å². The lowest BCUT2D eigenvalue weighted by Crippen LogP contribution is -1.86. The first-order valence-electron chi connectivity index (χ1n) is 7.73. The van der Waals surface area contributed by atoms with Gasteiger partial charge in [-0.15, -0.1) is 10.2 Å². The molecule has 0 bridgehead atoms. The minimum absolute atomic E-state index is 0.0222. The van der Waals surface area contributed by atoms with E-state index < -0.39 is 4.92 Å². The number of hydrogen-bond acceptors (Lipinski definition) is 7. The second kappa shape index (κ2) is 6.63. The minimum Gasteiger partial charge on any atom is -0.504 e. The number of H-pyrrole nitrogens is 1. The van der Waals surface area contributed by atoms with E-state index in [0.717, 1.165) is 0 Å². The minimum atomic E-state index is -0.550. The summed E-state index contributed by atoms with van der Waals surface area (Å²) in [5.74, 6) is -0.432. The van der Waals surface area contributed by atoms with Gasteiger partial charge in [0, 0.05) is 22.9 Å². The van der Waals surface area contributed by atoms with Gasteiger partial charge in [0.1, 0.15) is 5.52 Å². The lowest BCUT2D eigenvalue weighted by molar-refractivity contribution is -0.384. The molecule has 0 aliphatic carbocycles. The van der Waals surface area contributed by atoms with E-state index in [4.69, 9.17) is 23.2 Å². The van der Waals surface area contributed by atoms with Gasteiger partial charge >= 0.3 is 0 Å². The number of nitro benzene ring substituents is 1. The summed E-state index contributed by atoms with van der Waals surface area (Å²) in [6.45, 7) is 0. The van der Waals surface area contributed by atoms with Gasteiger partial charge in [-0.25, -0.2) is 4.98 Å². The third-order valence-corrected chi connectivity index (χ3v) is 4.64. The molecule has 2 aromatic carbocycles. The molecule has 0 unspecified atom stereocenters. The van der Waals surface area contributed by atoms with Crippen LogP contribution in [0.4, 0.5) is 17.2 Å². The largest absolute Gasteiger partial charge is 0.504 e. The topological polar surface area (TPSA) is 137 Å². The first-order valence-corrected chi connectivity index (χ1v) is 8.49. The van der Waals surface area contributed by atoms with E-state index in [9.17, 15) is 20.3 Å². The number of benzene rings is 2. The molecule has 4 rings (SSSR count). The Kier molecular flexibility index (Phi) is 4.25. The average molecular weight is 418 g/mol. The third-order valence-electron chi connectivity index (χ3n) is 4.04. The maximum atomic E-state index is 11.0. The Labute approximate surface area is 166 Å². The molecule has 4 aromatic rings. The molecule has 0 atom stereocenters. The zero-order valence-corrected chi connectivity index (χ0v) is 15.2. The number of fused-ring (bicyclic) bond motifs is 2. The van der Waals surface area contributed by atoms with Crippen LogP contribution in [0.5, 0.6) is 11.6 Å². The van der Waals surface area contributed by atoms with E-state index in [1.165, 1.54) is 30.3 Å². The Hall–Kier alpha value is -3.43. The van der Waals surface area contributed by atoms with Gasteiger partial charge in [-0.1, -0.05) is 23.2 Å². The Morgan fingerprint density at radius 2 is 1.82 bits per heavy atom. The van der Waals surface area contributed by atoms with Crippen LogP contribution < -0.4 is 0 Å². The Morgan fingerprint density at radius 3 is 2.57 bits per heavy atom. The zero-order valence-electron chi connectivity index (χ0n) is 13.7. The van der Waals surface area contributed by atoms with Crippen LogP contribution in [-0.4, -0.2) is 25.1 Å². The normalized spacial score (nSPS) is 11.6. The highest BCUT2D eigenvalue weighted by Gasteiger charge is 2.15. The number of nitro groups is 1. The predicted molar refractivity (Wildman–Crippen MR) is 104 cm³/mol. The monoisotopic (exact) mass is 417 g/mol. The van der Waals surface area contributed by atoms with Gasteiger partial charge in [-0.3, -0.25) is 10.1 Å². The SMILES string of the molecule is O=[N+]([O-])c1ccc2[nH]c(O)c(N=Nc3ccc4c(Cl)cc(Cl)c(O)c4n3)c2c1. The number of halogens is 2. The first-order chi connectivity index (χ1) is 13.3. The van der Waals surface area contributed by atoms with Crippen molar-refractivity contribution in [1.29, 1.82) is 0 Å². The molecule has 9 nitrogen and oxygen atoms in total. The highest BCUT2D eigenvalue weighted by atomic mass is 35.5. The highest BCUT2D eigenvalue weighted by molar-refractivity contribution is 6.39. The Morgan fingerprint density at radius 1 is 1.04 bits per heavy atom. The number of phenolic OH excluding ortho intramolecular Hbond substituents is 1. The molecule has 0 fully saturated rings. The van der Waals surface area contributed by atoms with Crippen LogP contribution in [-0.2, 0) is 0 Å². The molecule has 3 N–H and O–H groups in total. The second-order valence-corrected chi connectivity index (χ2v) is 6.58. The number of aromatic nitrogens is 2. The van der Waals surface area contributed by atoms with Crippen molar-refractivity contribution in [2.75, 3.05) is 0 Å². The van der Waals surface area contributed by atoms with Gasteiger partial charge in [0.2, 0.25) is 5.88 Å². The van der Waals surface area contributed by atoms with Crippen molar-refractivity contribution in [3.05, 3.63) is 56.6 Å². The molecular weight excluding hydrogens is 409 g/mol. The number of rotatable bonds is 3. The molecule has 2 heterocycles. The van der Waals surface area contributed by atoms with Crippen molar-refractivity contribution in [2.24, 2.45) is 10.2 Å². The average Bonchev–Trinajstić information content (AvgIpc) is 2.98. The summed E-state index contributed by atoms with van der Waals surface area (Å²) in [6.07, 6.45) is 0. The lowest BCUT2D eigenvalue weighted by atomic mass is 10.2. The van der Waals surface area contributed by atoms with Crippen LogP contribution in [0, 0.1) is 10.1 Å². The molecule has 0 amide bonds. The van der Waals surface area contributed by atoms with Gasteiger partial charge in [0.15, 0.2) is 17.3 Å². The molecule has 140 valence electrons. The fourth-order valence-corrected chi connectivity index (χ4v) is 3.23. The first kappa shape index (κ1) is 18.0. The summed E-state index contributed by atoms with van der Waals surface area (Å²) >= 11 is 12.0. The summed E-state index contributed by atoms with van der Waals surface area (Å²) in [7, 11) is 0. The van der Waals surface area contributed by atoms with E-state index in [1.54, 1.807) is 6.07 Å². The molecule has 0 saturated heterocycles. The van der Waals surface area contributed by atoms with Crippen molar-refractivity contribution in [3.8, 4) is 11.6 Å². The standard InChI is InChI=1S/C17H9Cl2N5O4/c18-10-6-11(19)16(25)14-8(10)2-4-13(21-14)22-23-15-9-5-7(24(27)28)1-3-12(9)20-17(15)26/h1-6,20,25-26H. The molecule has 0 saturated carbocycles. The van der Waals surface area contributed by atoms with Crippen LogP contribution in [0.2, 0.25) is 10.0 Å². The van der Waals surface area contributed by atoms with Crippen LogP contribution in [0.3, 0.4) is 0 Å². The van der Waals surface area contributed by atoms with E-state index in [0.29, 0.717) is 21.3 Å². The summed E-state index contributed by atoms with van der Waals surface area (Å²) < 4.78 is 0. The Bertz CT molecular complexity index is 1300. The van der Waals surface area contributed by atoms with Gasteiger partial charge in [-0.05, 0) is 24.3 Å². The molecule has 28 heavy (non-hydrogen) atoms.